The molecule has 4 atom stereocenters. The van der Waals surface area contributed by atoms with Crippen LogP contribution < -0.4 is 4.90 Å². The van der Waals surface area contributed by atoms with Crippen LogP contribution in [0.15, 0.2) is 12.3 Å². The van der Waals surface area contributed by atoms with Crippen LogP contribution in [0.25, 0.3) is 22.3 Å². The molecule has 4 unspecified atom stereocenters. The molecule has 5 heterocycles. The summed E-state index contributed by atoms with van der Waals surface area (Å²) in [7, 11) is 1.51. The van der Waals surface area contributed by atoms with Crippen LogP contribution in [-0.4, -0.2) is 67.8 Å². The lowest BCUT2D eigenvalue weighted by molar-refractivity contribution is -0.140. The lowest BCUT2D eigenvalue weighted by Gasteiger charge is -2.44. The van der Waals surface area contributed by atoms with Gasteiger partial charge >= 0.3 is 6.18 Å². The Hall–Kier alpha value is -3.06. The monoisotopic (exact) mass is 468 g/mol. The van der Waals surface area contributed by atoms with Crippen LogP contribution in [0.1, 0.15) is 12.0 Å². The lowest BCUT2D eigenvalue weighted by atomic mass is 10.0. The van der Waals surface area contributed by atoms with Gasteiger partial charge < -0.3 is 14.7 Å². The molecule has 3 bridgehead atoms. The molecule has 3 fully saturated rings. The number of rotatable bonds is 2. The van der Waals surface area contributed by atoms with E-state index in [0.29, 0.717) is 18.6 Å². The molecule has 0 aliphatic carbocycles. The summed E-state index contributed by atoms with van der Waals surface area (Å²) in [5.41, 5.74) is -2.45. The van der Waals surface area contributed by atoms with Crippen molar-refractivity contribution in [2.75, 3.05) is 24.6 Å². The predicted molar refractivity (Wildman–Crippen MR) is 104 cm³/mol. The van der Waals surface area contributed by atoms with E-state index < -0.39 is 34.7 Å². The third kappa shape index (κ3) is 2.91. The number of benzene rings is 1. The first kappa shape index (κ1) is 20.5. The molecule has 13 heteroatoms. The Morgan fingerprint density at radius 2 is 1.91 bits per heavy atom. The minimum absolute atomic E-state index is 0.0634. The van der Waals surface area contributed by atoms with Crippen molar-refractivity contribution in [1.29, 1.82) is 0 Å². The van der Waals surface area contributed by atoms with Crippen molar-refractivity contribution in [3.63, 3.8) is 0 Å². The Balaban J connectivity index is 1.47. The highest BCUT2D eigenvalue weighted by molar-refractivity contribution is 5.91. The minimum atomic E-state index is -5.14. The van der Waals surface area contributed by atoms with Crippen molar-refractivity contribution in [3.8, 4) is 17.0 Å². The molecule has 6 rings (SSSR count). The highest BCUT2D eigenvalue weighted by Crippen LogP contribution is 2.42. The summed E-state index contributed by atoms with van der Waals surface area (Å²) in [5, 5.41) is 14.0. The summed E-state index contributed by atoms with van der Waals surface area (Å²) in [4.78, 5) is 13.4. The highest BCUT2D eigenvalue weighted by Gasteiger charge is 2.49. The van der Waals surface area contributed by atoms with E-state index in [1.807, 2.05) is 0 Å². The molecular weight excluding hydrogens is 451 g/mol. The molecule has 2 aromatic heterocycles. The number of nitrogens with zero attached hydrogens (tertiary/aromatic N) is 6. The highest BCUT2D eigenvalue weighted by atomic mass is 19.4. The van der Waals surface area contributed by atoms with Crippen molar-refractivity contribution in [2.45, 2.75) is 30.9 Å². The van der Waals surface area contributed by atoms with Crippen LogP contribution >= 0.6 is 0 Å². The number of aromatic nitrogens is 4. The number of fused-ring (bicyclic) bond motifs is 3. The molecule has 0 spiro atoms. The second-order valence-corrected chi connectivity index (χ2v) is 8.52. The maximum Gasteiger partial charge on any atom is 0.419 e. The van der Waals surface area contributed by atoms with Gasteiger partial charge in [-0.1, -0.05) is 0 Å². The molecule has 3 aliphatic rings. The zero-order valence-corrected chi connectivity index (χ0v) is 17.1. The number of phenolic OH excluding ortho intramolecular Hbond substituents is 1. The van der Waals surface area contributed by atoms with E-state index in [1.54, 1.807) is 0 Å². The van der Waals surface area contributed by atoms with Crippen LogP contribution in [-0.2, 0) is 18.0 Å². The average Bonchev–Trinajstić information content (AvgIpc) is 3.22. The van der Waals surface area contributed by atoms with Crippen LogP contribution in [0.4, 0.5) is 27.9 Å². The normalized spacial score (nSPS) is 26.5. The van der Waals surface area contributed by atoms with Gasteiger partial charge in [-0.05, 0) is 6.07 Å². The van der Waals surface area contributed by atoms with Crippen LogP contribution in [0, 0.1) is 11.6 Å². The first-order valence-corrected chi connectivity index (χ1v) is 10.3. The Morgan fingerprint density at radius 1 is 1.15 bits per heavy atom. The molecular formula is C20H17F5N6O2. The first-order valence-electron chi connectivity index (χ1n) is 10.3. The number of aryl methyl sites for hydroxylation is 1. The minimum Gasteiger partial charge on any atom is -0.503 e. The Morgan fingerprint density at radius 3 is 2.67 bits per heavy atom. The SMILES string of the molecule is Cn1nc(-c2cc(C(F)(F)F)c(F)c(O)c2F)c2cnc(N3C4COC5CC3CN5C4)nc21. The zero-order chi connectivity index (χ0) is 23.2. The Bertz CT molecular complexity index is 1290. The molecule has 33 heavy (non-hydrogen) atoms. The molecule has 0 amide bonds. The lowest BCUT2D eigenvalue weighted by Crippen LogP contribution is -2.59. The number of halogens is 5. The largest absolute Gasteiger partial charge is 0.503 e. The molecule has 3 saturated heterocycles. The fraction of sp³-hybridized carbons (Fsp3) is 0.450. The average molecular weight is 468 g/mol. The predicted octanol–water partition coefficient (Wildman–Crippen LogP) is 2.65. The summed E-state index contributed by atoms with van der Waals surface area (Å²) in [5.74, 6) is -4.90. The number of aromatic hydroxyl groups is 1. The molecule has 174 valence electrons. The standard InChI is InChI=1S/C20H17F5N6O2/c1-29-18-11(16(28-29)10-3-12(20(23,24)25)15(22)17(32)14(10)21)4-26-19(27-18)31-8-2-13-30(5-8)6-9(31)7-33-13/h3-4,8-9,13,32H,2,5-7H2,1H3. The second-order valence-electron chi connectivity index (χ2n) is 8.52. The molecule has 0 saturated carbocycles. The fourth-order valence-electron chi connectivity index (χ4n) is 5.10. The quantitative estimate of drug-likeness (QED) is 0.580. The number of anilines is 1. The van der Waals surface area contributed by atoms with Gasteiger partial charge in [-0.2, -0.15) is 23.3 Å². The van der Waals surface area contributed by atoms with E-state index in [-0.39, 0.29) is 35.0 Å². The van der Waals surface area contributed by atoms with Crippen LogP contribution in [0.2, 0.25) is 0 Å². The Labute approximate surface area is 183 Å². The van der Waals surface area contributed by atoms with E-state index in [4.69, 9.17) is 4.74 Å². The van der Waals surface area contributed by atoms with Crippen molar-refractivity contribution >= 4 is 17.0 Å². The van der Waals surface area contributed by atoms with Gasteiger partial charge in [0.1, 0.15) is 11.9 Å². The van der Waals surface area contributed by atoms with E-state index in [1.165, 1.54) is 17.9 Å². The molecule has 1 aromatic carbocycles. The summed E-state index contributed by atoms with van der Waals surface area (Å²) in [6.07, 6.45) is -2.88. The van der Waals surface area contributed by atoms with E-state index in [9.17, 15) is 27.1 Å². The van der Waals surface area contributed by atoms with Gasteiger partial charge in [0.25, 0.3) is 0 Å². The van der Waals surface area contributed by atoms with Gasteiger partial charge in [-0.3, -0.25) is 4.90 Å². The van der Waals surface area contributed by atoms with Gasteiger partial charge in [0, 0.05) is 44.4 Å². The van der Waals surface area contributed by atoms with Crippen molar-refractivity contribution in [3.05, 3.63) is 29.5 Å². The van der Waals surface area contributed by atoms with Crippen molar-refractivity contribution in [2.24, 2.45) is 7.05 Å². The maximum absolute atomic E-state index is 14.7. The van der Waals surface area contributed by atoms with Crippen LogP contribution in [0.3, 0.4) is 0 Å². The molecule has 0 radical (unpaired) electrons. The molecule has 8 nitrogen and oxygen atoms in total. The number of alkyl halides is 3. The molecule has 3 aliphatic heterocycles. The first-order chi connectivity index (χ1) is 15.6. The third-order valence-corrected chi connectivity index (χ3v) is 6.58. The number of hydrogen-bond acceptors (Lipinski definition) is 7. The summed E-state index contributed by atoms with van der Waals surface area (Å²) >= 11 is 0. The summed E-state index contributed by atoms with van der Waals surface area (Å²) in [6, 6.07) is 0.532. The molecule has 3 aromatic rings. The van der Waals surface area contributed by atoms with Gasteiger partial charge in [-0.15, -0.1) is 0 Å². The Kier molecular flexibility index (Phi) is 4.19. The maximum atomic E-state index is 14.7. The molecule has 1 N–H and O–H groups in total. The topological polar surface area (TPSA) is 79.5 Å². The third-order valence-electron chi connectivity index (χ3n) is 6.58. The van der Waals surface area contributed by atoms with Gasteiger partial charge in [0.2, 0.25) is 5.95 Å². The van der Waals surface area contributed by atoms with Gasteiger partial charge in [0.05, 0.1) is 23.6 Å². The number of hydrogen-bond donors (Lipinski definition) is 1. The van der Waals surface area contributed by atoms with E-state index in [2.05, 4.69) is 24.9 Å². The van der Waals surface area contributed by atoms with E-state index in [0.717, 1.165) is 19.5 Å². The number of phenols is 1. The van der Waals surface area contributed by atoms with Gasteiger partial charge in [0.15, 0.2) is 23.0 Å². The fourth-order valence-corrected chi connectivity index (χ4v) is 5.10. The number of piperazine rings is 1. The summed E-state index contributed by atoms with van der Waals surface area (Å²) < 4.78 is 75.4. The smallest absolute Gasteiger partial charge is 0.419 e. The van der Waals surface area contributed by atoms with Crippen molar-refractivity contribution < 1.29 is 31.8 Å². The summed E-state index contributed by atoms with van der Waals surface area (Å²) in [6.45, 7) is 2.18. The van der Waals surface area contributed by atoms with Gasteiger partial charge in [-0.25, -0.2) is 18.4 Å². The zero-order valence-electron chi connectivity index (χ0n) is 17.1. The van der Waals surface area contributed by atoms with Crippen molar-refractivity contribution in [1.82, 2.24) is 24.6 Å². The van der Waals surface area contributed by atoms with Crippen LogP contribution in [0.5, 0.6) is 5.75 Å². The number of ether oxygens (including phenoxy) is 1. The second kappa shape index (κ2) is 6.73. The van der Waals surface area contributed by atoms with E-state index >= 15 is 0 Å².